The Hall–Kier alpha value is -1.79. The Morgan fingerprint density at radius 3 is 2.30 bits per heavy atom. The fourth-order valence-corrected chi connectivity index (χ4v) is 5.06. The molecule has 0 saturated heterocycles. The van der Waals surface area contributed by atoms with Crippen LogP contribution in [0.2, 0.25) is 10.0 Å². The summed E-state index contributed by atoms with van der Waals surface area (Å²) >= 11 is 12.6. The third-order valence-electron chi connectivity index (χ3n) is 6.49. The Bertz CT molecular complexity index is 969. The molecule has 0 aliphatic heterocycles. The van der Waals surface area contributed by atoms with Crippen LogP contribution in [0.5, 0.6) is 5.75 Å². The number of hydrogen-bond acceptors (Lipinski definition) is 4. The van der Waals surface area contributed by atoms with Crippen LogP contribution >= 0.6 is 23.2 Å². The molecule has 0 amide bonds. The van der Waals surface area contributed by atoms with Crippen molar-refractivity contribution in [3.05, 3.63) is 63.1 Å². The third-order valence-corrected chi connectivity index (χ3v) is 7.37. The topological polar surface area (TPSA) is 78.8 Å². The number of ether oxygens (including phenoxy) is 1. The summed E-state index contributed by atoms with van der Waals surface area (Å²) in [5.41, 5.74) is 3.18. The molecule has 2 aromatic rings. The van der Waals surface area contributed by atoms with Crippen LogP contribution in [-0.4, -0.2) is 40.5 Å². The molecule has 2 aromatic carbocycles. The molecule has 180 valence electrons. The van der Waals surface area contributed by atoms with E-state index in [1.54, 1.807) is 26.0 Å². The Kier molecular flexibility index (Phi) is 8.33. The SMILES string of the molecule is CC(C(=O)O)c1ccc(OC(C)C(O)CNC(C)(C)CC2Cc3ccccc3C2)c(Cl)c1Cl. The van der Waals surface area contributed by atoms with E-state index in [0.717, 1.165) is 19.3 Å². The molecule has 1 aliphatic rings. The minimum absolute atomic E-state index is 0.136. The van der Waals surface area contributed by atoms with E-state index >= 15 is 0 Å². The van der Waals surface area contributed by atoms with Crippen LogP contribution in [0.15, 0.2) is 36.4 Å². The van der Waals surface area contributed by atoms with E-state index in [1.807, 2.05) is 0 Å². The number of fused-ring (bicyclic) bond motifs is 1. The number of aliphatic hydroxyl groups excluding tert-OH is 1. The largest absolute Gasteiger partial charge is 0.486 e. The van der Waals surface area contributed by atoms with Crippen LogP contribution in [0.25, 0.3) is 0 Å². The van der Waals surface area contributed by atoms with Gasteiger partial charge in [0.25, 0.3) is 0 Å². The molecule has 0 aromatic heterocycles. The molecule has 5 nitrogen and oxygen atoms in total. The number of rotatable bonds is 10. The summed E-state index contributed by atoms with van der Waals surface area (Å²) in [4.78, 5) is 11.3. The maximum Gasteiger partial charge on any atom is 0.310 e. The van der Waals surface area contributed by atoms with Crippen molar-refractivity contribution in [3.8, 4) is 5.75 Å². The van der Waals surface area contributed by atoms with Gasteiger partial charge in [-0.2, -0.15) is 0 Å². The molecule has 0 heterocycles. The van der Waals surface area contributed by atoms with Crippen LogP contribution < -0.4 is 10.1 Å². The second-order valence-electron chi connectivity index (χ2n) is 9.74. The average Bonchev–Trinajstić information content (AvgIpc) is 3.16. The first-order valence-corrected chi connectivity index (χ1v) is 12.1. The summed E-state index contributed by atoms with van der Waals surface area (Å²) in [6, 6.07) is 11.8. The molecule has 3 unspecified atom stereocenters. The lowest BCUT2D eigenvalue weighted by atomic mass is 9.88. The molecule has 0 saturated carbocycles. The minimum Gasteiger partial charge on any atom is -0.486 e. The van der Waals surface area contributed by atoms with Gasteiger partial charge in [0.15, 0.2) is 0 Å². The van der Waals surface area contributed by atoms with Gasteiger partial charge in [-0.05, 0) is 75.6 Å². The number of nitrogens with one attached hydrogen (secondary N) is 1. The van der Waals surface area contributed by atoms with Gasteiger partial charge in [-0.3, -0.25) is 4.79 Å². The molecule has 0 radical (unpaired) electrons. The van der Waals surface area contributed by atoms with E-state index in [0.29, 0.717) is 23.8 Å². The van der Waals surface area contributed by atoms with Gasteiger partial charge in [0.2, 0.25) is 0 Å². The summed E-state index contributed by atoms with van der Waals surface area (Å²) in [6.07, 6.45) is 1.89. The van der Waals surface area contributed by atoms with E-state index in [-0.39, 0.29) is 15.6 Å². The van der Waals surface area contributed by atoms with Crippen LogP contribution in [0.4, 0.5) is 0 Å². The van der Waals surface area contributed by atoms with Crippen molar-refractivity contribution in [3.63, 3.8) is 0 Å². The van der Waals surface area contributed by atoms with E-state index in [2.05, 4.69) is 43.4 Å². The number of aliphatic hydroxyl groups is 1. The number of β-amino-alcohol motifs (C(OH)–C–C–N with tert-alkyl or cyclic N) is 1. The van der Waals surface area contributed by atoms with Crippen LogP contribution in [0.1, 0.15) is 56.7 Å². The van der Waals surface area contributed by atoms with Crippen LogP contribution in [0.3, 0.4) is 0 Å². The standard InChI is InChI=1S/C26H33Cl2NO4/c1-15(25(31)32)20-9-10-22(24(28)23(20)27)33-16(2)21(30)14-29-26(3,4)13-17-11-18-7-5-6-8-19(18)12-17/h5-10,15-17,21,29-30H,11-14H2,1-4H3,(H,31,32). The van der Waals surface area contributed by atoms with Gasteiger partial charge in [-0.1, -0.05) is 53.5 Å². The molecule has 7 heteroatoms. The van der Waals surface area contributed by atoms with Crippen molar-refractivity contribution < 1.29 is 19.7 Å². The molecular weight excluding hydrogens is 461 g/mol. The molecule has 33 heavy (non-hydrogen) atoms. The second-order valence-corrected chi connectivity index (χ2v) is 10.5. The summed E-state index contributed by atoms with van der Waals surface area (Å²) in [7, 11) is 0. The number of benzene rings is 2. The molecular formula is C26H33Cl2NO4. The van der Waals surface area contributed by atoms with Gasteiger partial charge in [0.1, 0.15) is 23.0 Å². The van der Waals surface area contributed by atoms with E-state index in [9.17, 15) is 15.0 Å². The highest BCUT2D eigenvalue weighted by atomic mass is 35.5. The van der Waals surface area contributed by atoms with E-state index < -0.39 is 24.1 Å². The zero-order chi connectivity index (χ0) is 24.3. The van der Waals surface area contributed by atoms with Crippen molar-refractivity contribution in [2.75, 3.05) is 6.54 Å². The number of aliphatic carboxylic acids is 1. The molecule has 3 N–H and O–H groups in total. The molecule has 1 aliphatic carbocycles. The van der Waals surface area contributed by atoms with Crippen LogP contribution in [-0.2, 0) is 17.6 Å². The fraction of sp³-hybridized carbons (Fsp3) is 0.500. The highest BCUT2D eigenvalue weighted by Crippen LogP contribution is 2.38. The Balaban J connectivity index is 1.53. The van der Waals surface area contributed by atoms with Crippen molar-refractivity contribution in [2.45, 2.75) is 70.6 Å². The molecule has 0 spiro atoms. The molecule has 3 atom stereocenters. The third kappa shape index (κ3) is 6.42. The quantitative estimate of drug-likeness (QED) is 0.408. The smallest absolute Gasteiger partial charge is 0.310 e. The van der Waals surface area contributed by atoms with Crippen molar-refractivity contribution in [1.29, 1.82) is 0 Å². The van der Waals surface area contributed by atoms with Crippen molar-refractivity contribution in [2.24, 2.45) is 5.92 Å². The highest BCUT2D eigenvalue weighted by molar-refractivity contribution is 6.43. The first-order valence-electron chi connectivity index (χ1n) is 11.4. The summed E-state index contributed by atoms with van der Waals surface area (Å²) in [5.74, 6) is -0.868. The predicted octanol–water partition coefficient (Wildman–Crippen LogP) is 5.48. The number of carboxylic acids is 1. The van der Waals surface area contributed by atoms with Gasteiger partial charge < -0.3 is 20.3 Å². The van der Waals surface area contributed by atoms with Gasteiger partial charge in [-0.15, -0.1) is 0 Å². The molecule has 0 bridgehead atoms. The highest BCUT2D eigenvalue weighted by Gasteiger charge is 2.29. The summed E-state index contributed by atoms with van der Waals surface area (Å²) < 4.78 is 5.87. The second kappa shape index (κ2) is 10.6. The van der Waals surface area contributed by atoms with Gasteiger partial charge in [0, 0.05) is 12.1 Å². The summed E-state index contributed by atoms with van der Waals surface area (Å²) in [5, 5.41) is 23.7. The lowest BCUT2D eigenvalue weighted by Crippen LogP contribution is -2.48. The van der Waals surface area contributed by atoms with Crippen molar-refractivity contribution >= 4 is 29.2 Å². The first kappa shape index (κ1) is 25.8. The number of halogens is 2. The monoisotopic (exact) mass is 493 g/mol. The maximum atomic E-state index is 11.3. The molecule has 3 rings (SSSR count). The minimum atomic E-state index is -0.986. The maximum absolute atomic E-state index is 11.3. The van der Waals surface area contributed by atoms with E-state index in [4.69, 9.17) is 27.9 Å². The molecule has 0 fully saturated rings. The fourth-order valence-electron chi connectivity index (χ4n) is 4.52. The zero-order valence-corrected chi connectivity index (χ0v) is 21.1. The lowest BCUT2D eigenvalue weighted by Gasteiger charge is -2.32. The number of carbonyl (C=O) groups is 1. The Morgan fingerprint density at radius 2 is 1.73 bits per heavy atom. The van der Waals surface area contributed by atoms with Gasteiger partial charge >= 0.3 is 5.97 Å². The normalized spacial score (nSPS) is 16.8. The predicted molar refractivity (Wildman–Crippen MR) is 133 cm³/mol. The van der Waals surface area contributed by atoms with Gasteiger partial charge in [0.05, 0.1) is 10.9 Å². The van der Waals surface area contributed by atoms with Crippen LogP contribution in [0, 0.1) is 5.92 Å². The van der Waals surface area contributed by atoms with Crippen molar-refractivity contribution in [1.82, 2.24) is 5.32 Å². The lowest BCUT2D eigenvalue weighted by molar-refractivity contribution is -0.138. The Labute approximate surface area is 206 Å². The Morgan fingerprint density at radius 1 is 1.12 bits per heavy atom. The van der Waals surface area contributed by atoms with Gasteiger partial charge in [-0.25, -0.2) is 0 Å². The number of carboxylic acid groups (broad SMARTS) is 1. The average molecular weight is 494 g/mol. The van der Waals surface area contributed by atoms with E-state index in [1.165, 1.54) is 11.1 Å². The number of hydrogen-bond donors (Lipinski definition) is 3. The first-order chi connectivity index (χ1) is 15.5. The summed E-state index contributed by atoms with van der Waals surface area (Å²) in [6.45, 7) is 8.00. The zero-order valence-electron chi connectivity index (χ0n) is 19.6.